The van der Waals surface area contributed by atoms with Crippen LogP contribution in [0.15, 0.2) is 48.5 Å². The zero-order valence-electron chi connectivity index (χ0n) is 10.9. The molecule has 1 N–H and O–H groups in total. The van der Waals surface area contributed by atoms with Gasteiger partial charge in [-0.15, -0.1) is 0 Å². The molecule has 4 heteroatoms. The molecule has 2 rings (SSSR count). The third-order valence-electron chi connectivity index (χ3n) is 2.87. The van der Waals surface area contributed by atoms with Crippen molar-refractivity contribution in [2.45, 2.75) is 19.4 Å². The zero-order chi connectivity index (χ0) is 14.4. The maximum absolute atomic E-state index is 10.5. The monoisotopic (exact) mass is 290 g/mol. The molecule has 0 heterocycles. The number of carboxylic acids is 1. The molecule has 0 aliphatic rings. The molecule has 0 bridgehead atoms. The van der Waals surface area contributed by atoms with E-state index in [1.807, 2.05) is 48.5 Å². The first-order valence-electron chi connectivity index (χ1n) is 6.31. The van der Waals surface area contributed by atoms with Gasteiger partial charge in [-0.05, 0) is 41.8 Å². The van der Waals surface area contributed by atoms with Crippen molar-refractivity contribution in [3.05, 3.63) is 64.7 Å². The van der Waals surface area contributed by atoms with Gasteiger partial charge in [0.25, 0.3) is 0 Å². The average molecular weight is 291 g/mol. The van der Waals surface area contributed by atoms with Crippen LogP contribution in [0.2, 0.25) is 5.02 Å². The van der Waals surface area contributed by atoms with Gasteiger partial charge in [0.15, 0.2) is 0 Å². The Labute approximate surface area is 122 Å². The Morgan fingerprint density at radius 2 is 1.60 bits per heavy atom. The highest BCUT2D eigenvalue weighted by atomic mass is 35.5. The van der Waals surface area contributed by atoms with E-state index in [9.17, 15) is 4.79 Å². The Morgan fingerprint density at radius 3 is 2.20 bits per heavy atom. The molecule has 0 aliphatic heterocycles. The van der Waals surface area contributed by atoms with E-state index in [-0.39, 0.29) is 6.42 Å². The van der Waals surface area contributed by atoms with Gasteiger partial charge in [-0.3, -0.25) is 4.79 Å². The third-order valence-corrected chi connectivity index (χ3v) is 3.12. The number of hydrogen-bond acceptors (Lipinski definition) is 2. The maximum atomic E-state index is 10.5. The first kappa shape index (κ1) is 14.4. The molecule has 0 radical (unpaired) electrons. The number of rotatable bonds is 6. The molecular weight excluding hydrogens is 276 g/mol. The minimum Gasteiger partial charge on any atom is -0.489 e. The van der Waals surface area contributed by atoms with Crippen molar-refractivity contribution in [1.29, 1.82) is 0 Å². The maximum Gasteiger partial charge on any atom is 0.303 e. The highest BCUT2D eigenvalue weighted by Crippen LogP contribution is 2.16. The Kier molecular flexibility index (Phi) is 5.02. The van der Waals surface area contributed by atoms with Crippen molar-refractivity contribution >= 4 is 17.6 Å². The number of aryl methyl sites for hydroxylation is 1. The molecule has 0 unspecified atom stereocenters. The van der Waals surface area contributed by atoms with Gasteiger partial charge >= 0.3 is 5.97 Å². The minimum atomic E-state index is -0.784. The summed E-state index contributed by atoms with van der Waals surface area (Å²) in [6.07, 6.45) is 0.678. The lowest BCUT2D eigenvalue weighted by molar-refractivity contribution is -0.136. The second-order valence-corrected chi connectivity index (χ2v) is 4.89. The number of carbonyl (C=O) groups is 1. The standard InChI is InChI=1S/C16H15ClO3/c17-14-6-1-13(2-7-14)11-20-15-8-3-12(4-9-15)5-10-16(18)19/h1-4,6-9H,5,10-11H2,(H,18,19). The summed E-state index contributed by atoms with van der Waals surface area (Å²) in [4.78, 5) is 10.5. The smallest absolute Gasteiger partial charge is 0.303 e. The van der Waals surface area contributed by atoms with Gasteiger partial charge in [-0.2, -0.15) is 0 Å². The lowest BCUT2D eigenvalue weighted by atomic mass is 10.1. The van der Waals surface area contributed by atoms with Gasteiger partial charge in [0.2, 0.25) is 0 Å². The highest BCUT2D eigenvalue weighted by molar-refractivity contribution is 6.30. The molecule has 2 aromatic carbocycles. The average Bonchev–Trinajstić information content (AvgIpc) is 2.45. The quantitative estimate of drug-likeness (QED) is 0.876. The number of carboxylic acid groups (broad SMARTS) is 1. The van der Waals surface area contributed by atoms with Gasteiger partial charge in [-0.25, -0.2) is 0 Å². The summed E-state index contributed by atoms with van der Waals surface area (Å²) in [5.41, 5.74) is 2.04. The fraction of sp³-hybridized carbons (Fsp3) is 0.188. The Balaban J connectivity index is 1.87. The molecule has 20 heavy (non-hydrogen) atoms. The molecule has 0 aromatic heterocycles. The molecule has 0 saturated carbocycles. The van der Waals surface area contributed by atoms with Crippen LogP contribution >= 0.6 is 11.6 Å². The molecular formula is C16H15ClO3. The molecule has 0 amide bonds. The summed E-state index contributed by atoms with van der Waals surface area (Å²) in [6, 6.07) is 15.0. The van der Waals surface area contributed by atoms with Crippen LogP contribution < -0.4 is 4.74 Å². The van der Waals surface area contributed by atoms with Crippen LogP contribution in [0.1, 0.15) is 17.5 Å². The van der Waals surface area contributed by atoms with E-state index in [1.165, 1.54) is 0 Å². The number of aliphatic carboxylic acids is 1. The summed E-state index contributed by atoms with van der Waals surface area (Å²) in [6.45, 7) is 0.478. The molecule has 0 aliphatic carbocycles. The summed E-state index contributed by atoms with van der Waals surface area (Å²) in [7, 11) is 0. The molecule has 0 atom stereocenters. The third kappa shape index (κ3) is 4.59. The van der Waals surface area contributed by atoms with Gasteiger partial charge in [0.1, 0.15) is 12.4 Å². The summed E-state index contributed by atoms with van der Waals surface area (Å²) < 4.78 is 5.65. The number of halogens is 1. The van der Waals surface area contributed by atoms with Gasteiger partial charge < -0.3 is 9.84 Å². The Bertz CT molecular complexity index is 561. The summed E-state index contributed by atoms with van der Waals surface area (Å²) >= 11 is 5.82. The molecule has 104 valence electrons. The minimum absolute atomic E-state index is 0.144. The lowest BCUT2D eigenvalue weighted by Crippen LogP contribution is -1.98. The normalized spacial score (nSPS) is 10.2. The van der Waals surface area contributed by atoms with Crippen LogP contribution in [-0.4, -0.2) is 11.1 Å². The first-order valence-corrected chi connectivity index (χ1v) is 6.69. The van der Waals surface area contributed by atoms with Gasteiger partial charge in [-0.1, -0.05) is 35.9 Å². The summed E-state index contributed by atoms with van der Waals surface area (Å²) in [5, 5.41) is 9.33. The second kappa shape index (κ2) is 6.96. The summed E-state index contributed by atoms with van der Waals surface area (Å²) in [5.74, 6) is -0.0212. The van der Waals surface area contributed by atoms with Crippen LogP contribution in [0.4, 0.5) is 0 Å². The van der Waals surface area contributed by atoms with E-state index < -0.39 is 5.97 Å². The van der Waals surface area contributed by atoms with Crippen molar-refractivity contribution < 1.29 is 14.6 Å². The van der Waals surface area contributed by atoms with E-state index in [4.69, 9.17) is 21.4 Å². The second-order valence-electron chi connectivity index (χ2n) is 4.45. The first-order chi connectivity index (χ1) is 9.63. The topological polar surface area (TPSA) is 46.5 Å². The van der Waals surface area contributed by atoms with E-state index >= 15 is 0 Å². The Morgan fingerprint density at radius 1 is 1.00 bits per heavy atom. The van der Waals surface area contributed by atoms with Crippen molar-refractivity contribution in [1.82, 2.24) is 0 Å². The molecule has 0 spiro atoms. The fourth-order valence-corrected chi connectivity index (χ4v) is 1.88. The number of hydrogen-bond donors (Lipinski definition) is 1. The fourth-order valence-electron chi connectivity index (χ4n) is 1.75. The van der Waals surface area contributed by atoms with Gasteiger partial charge in [0.05, 0.1) is 0 Å². The molecule has 2 aromatic rings. The predicted molar refractivity (Wildman–Crippen MR) is 78.2 cm³/mol. The van der Waals surface area contributed by atoms with Crippen LogP contribution in [0.5, 0.6) is 5.75 Å². The number of benzene rings is 2. The van der Waals surface area contributed by atoms with Crippen LogP contribution in [0, 0.1) is 0 Å². The van der Waals surface area contributed by atoms with Crippen molar-refractivity contribution in [3.8, 4) is 5.75 Å². The highest BCUT2D eigenvalue weighted by Gasteiger charge is 2.00. The Hall–Kier alpha value is -2.00. The molecule has 3 nitrogen and oxygen atoms in total. The molecule has 0 saturated heterocycles. The lowest BCUT2D eigenvalue weighted by Gasteiger charge is -2.07. The van der Waals surface area contributed by atoms with Crippen molar-refractivity contribution in [2.24, 2.45) is 0 Å². The van der Waals surface area contributed by atoms with E-state index in [2.05, 4.69) is 0 Å². The largest absolute Gasteiger partial charge is 0.489 e. The van der Waals surface area contributed by atoms with Gasteiger partial charge in [0, 0.05) is 11.4 Å². The number of ether oxygens (including phenoxy) is 1. The van der Waals surface area contributed by atoms with E-state index in [0.29, 0.717) is 18.1 Å². The predicted octanol–water partition coefficient (Wildman–Crippen LogP) is 3.94. The zero-order valence-corrected chi connectivity index (χ0v) is 11.6. The van der Waals surface area contributed by atoms with Crippen molar-refractivity contribution in [3.63, 3.8) is 0 Å². The SMILES string of the molecule is O=C(O)CCc1ccc(OCc2ccc(Cl)cc2)cc1. The molecule has 0 fully saturated rings. The van der Waals surface area contributed by atoms with Crippen LogP contribution in [-0.2, 0) is 17.8 Å². The van der Waals surface area contributed by atoms with Crippen LogP contribution in [0.3, 0.4) is 0 Å². The van der Waals surface area contributed by atoms with E-state index in [1.54, 1.807) is 0 Å². The van der Waals surface area contributed by atoms with Crippen molar-refractivity contribution in [2.75, 3.05) is 0 Å². The van der Waals surface area contributed by atoms with Crippen LogP contribution in [0.25, 0.3) is 0 Å². The van der Waals surface area contributed by atoms with E-state index in [0.717, 1.165) is 16.9 Å².